The van der Waals surface area contributed by atoms with Crippen LogP contribution in [0.4, 0.5) is 0 Å². The maximum absolute atomic E-state index is 11.3. The summed E-state index contributed by atoms with van der Waals surface area (Å²) in [5, 5.41) is 0.898. The molecule has 0 unspecified atom stereocenters. The molecule has 0 atom stereocenters. The standard InChI is InChI=1S/C16H13N3O3S/c1-23(20,21)22-10-12-8-11-9-17-7-6-14(11)19-15-5-3-2-4-13(15)18-16(12)19/h2-9H,10H2,1H3. The largest absolute Gasteiger partial charge is 0.292 e. The van der Waals surface area contributed by atoms with Crippen LogP contribution in [0.15, 0.2) is 48.8 Å². The van der Waals surface area contributed by atoms with E-state index in [1.165, 1.54) is 0 Å². The van der Waals surface area contributed by atoms with E-state index in [-0.39, 0.29) is 6.61 Å². The Morgan fingerprint density at radius 2 is 2.00 bits per heavy atom. The van der Waals surface area contributed by atoms with E-state index >= 15 is 0 Å². The summed E-state index contributed by atoms with van der Waals surface area (Å²) in [6, 6.07) is 11.6. The highest BCUT2D eigenvalue weighted by Gasteiger charge is 2.14. The van der Waals surface area contributed by atoms with Crippen LogP contribution in [0.3, 0.4) is 0 Å². The molecule has 7 heteroatoms. The molecule has 3 aromatic heterocycles. The van der Waals surface area contributed by atoms with E-state index < -0.39 is 10.1 Å². The average Bonchev–Trinajstić information content (AvgIpc) is 2.92. The SMILES string of the molecule is CS(=O)(=O)OCc1cc2cnccc2n2c1nc1ccccc12. The minimum Gasteiger partial charge on any atom is -0.292 e. The second-order valence-electron chi connectivity index (χ2n) is 5.33. The molecule has 0 aliphatic carbocycles. The van der Waals surface area contributed by atoms with Crippen LogP contribution in [0.5, 0.6) is 0 Å². The van der Waals surface area contributed by atoms with Gasteiger partial charge in [-0.2, -0.15) is 8.42 Å². The molecule has 116 valence electrons. The number of imidazole rings is 1. The zero-order valence-corrected chi connectivity index (χ0v) is 13.1. The third-order valence-corrected chi connectivity index (χ3v) is 4.22. The quantitative estimate of drug-likeness (QED) is 0.541. The molecule has 4 aromatic rings. The number of pyridine rings is 2. The van der Waals surface area contributed by atoms with Gasteiger partial charge in [0.25, 0.3) is 10.1 Å². The van der Waals surface area contributed by atoms with Crippen molar-refractivity contribution >= 4 is 37.7 Å². The van der Waals surface area contributed by atoms with E-state index in [9.17, 15) is 8.42 Å². The maximum atomic E-state index is 11.3. The number of hydrogen-bond donors (Lipinski definition) is 0. The Morgan fingerprint density at radius 3 is 2.83 bits per heavy atom. The van der Waals surface area contributed by atoms with Crippen molar-refractivity contribution in [3.63, 3.8) is 0 Å². The van der Waals surface area contributed by atoms with Gasteiger partial charge in [-0.15, -0.1) is 0 Å². The van der Waals surface area contributed by atoms with Gasteiger partial charge in [0.2, 0.25) is 0 Å². The lowest BCUT2D eigenvalue weighted by Gasteiger charge is -2.08. The van der Waals surface area contributed by atoms with E-state index in [4.69, 9.17) is 4.18 Å². The van der Waals surface area contributed by atoms with Gasteiger partial charge in [0, 0.05) is 23.3 Å². The molecule has 0 aliphatic rings. The summed E-state index contributed by atoms with van der Waals surface area (Å²) in [4.78, 5) is 8.77. The molecule has 0 saturated heterocycles. The Labute approximate surface area is 132 Å². The first-order valence-corrected chi connectivity index (χ1v) is 8.82. The number of benzene rings is 1. The van der Waals surface area contributed by atoms with Gasteiger partial charge in [-0.25, -0.2) is 4.98 Å². The van der Waals surface area contributed by atoms with Gasteiger partial charge in [0.1, 0.15) is 5.65 Å². The van der Waals surface area contributed by atoms with Crippen molar-refractivity contribution in [1.29, 1.82) is 0 Å². The van der Waals surface area contributed by atoms with Gasteiger partial charge in [0.15, 0.2) is 0 Å². The summed E-state index contributed by atoms with van der Waals surface area (Å²) in [6.45, 7) is -0.0590. The fourth-order valence-corrected chi connectivity index (χ4v) is 3.07. The lowest BCUT2D eigenvalue weighted by Crippen LogP contribution is -2.04. The molecule has 6 nitrogen and oxygen atoms in total. The minimum atomic E-state index is -3.53. The molecule has 23 heavy (non-hydrogen) atoms. The lowest BCUT2D eigenvalue weighted by atomic mass is 10.2. The van der Waals surface area contributed by atoms with E-state index in [1.807, 2.05) is 40.8 Å². The van der Waals surface area contributed by atoms with Gasteiger partial charge < -0.3 is 0 Å². The molecule has 1 aromatic carbocycles. The lowest BCUT2D eigenvalue weighted by molar-refractivity contribution is 0.312. The summed E-state index contributed by atoms with van der Waals surface area (Å²) in [5.74, 6) is 0. The molecule has 4 rings (SSSR count). The van der Waals surface area contributed by atoms with Crippen molar-refractivity contribution in [2.24, 2.45) is 0 Å². The molecule has 0 aliphatic heterocycles. The highest BCUT2D eigenvalue weighted by Crippen LogP contribution is 2.26. The van der Waals surface area contributed by atoms with E-state index in [0.29, 0.717) is 11.2 Å². The van der Waals surface area contributed by atoms with Crippen LogP contribution in [0.1, 0.15) is 5.56 Å². The molecule has 0 bridgehead atoms. The summed E-state index contributed by atoms with van der Waals surface area (Å²) in [5.41, 5.74) is 4.16. The number of fused-ring (bicyclic) bond motifs is 5. The highest BCUT2D eigenvalue weighted by molar-refractivity contribution is 7.85. The van der Waals surface area contributed by atoms with Crippen molar-refractivity contribution < 1.29 is 12.6 Å². The fraction of sp³-hybridized carbons (Fsp3) is 0.125. The van der Waals surface area contributed by atoms with Crippen LogP contribution >= 0.6 is 0 Å². The predicted octanol–water partition coefficient (Wildman–Crippen LogP) is 2.51. The van der Waals surface area contributed by atoms with E-state index in [2.05, 4.69) is 9.97 Å². The zero-order valence-electron chi connectivity index (χ0n) is 12.3. The third-order valence-electron chi connectivity index (χ3n) is 3.68. The van der Waals surface area contributed by atoms with Crippen LogP contribution in [-0.4, -0.2) is 29.0 Å². The van der Waals surface area contributed by atoms with E-state index in [0.717, 1.165) is 28.2 Å². The van der Waals surface area contributed by atoms with Crippen LogP contribution in [0.2, 0.25) is 0 Å². The van der Waals surface area contributed by atoms with Crippen LogP contribution in [-0.2, 0) is 20.9 Å². The Kier molecular flexibility index (Phi) is 3.07. The third kappa shape index (κ3) is 2.43. The Hall–Kier alpha value is -2.51. The smallest absolute Gasteiger partial charge is 0.264 e. The van der Waals surface area contributed by atoms with Gasteiger partial charge in [-0.1, -0.05) is 12.1 Å². The highest BCUT2D eigenvalue weighted by atomic mass is 32.2. The number of hydrogen-bond acceptors (Lipinski definition) is 5. The molecule has 0 radical (unpaired) electrons. The molecule has 0 saturated carbocycles. The molecular weight excluding hydrogens is 314 g/mol. The maximum Gasteiger partial charge on any atom is 0.264 e. The molecule has 0 N–H and O–H groups in total. The van der Waals surface area contributed by atoms with Crippen LogP contribution in [0, 0.1) is 0 Å². The van der Waals surface area contributed by atoms with Crippen molar-refractivity contribution in [2.75, 3.05) is 6.26 Å². The normalized spacial score (nSPS) is 12.4. The summed E-state index contributed by atoms with van der Waals surface area (Å²) in [6.07, 6.45) is 4.51. The van der Waals surface area contributed by atoms with E-state index in [1.54, 1.807) is 12.4 Å². The molecule has 3 heterocycles. The average molecular weight is 327 g/mol. The van der Waals surface area contributed by atoms with Crippen molar-refractivity contribution in [3.05, 3.63) is 54.4 Å². The van der Waals surface area contributed by atoms with Crippen molar-refractivity contribution in [2.45, 2.75) is 6.61 Å². The monoisotopic (exact) mass is 327 g/mol. The number of para-hydroxylation sites is 2. The summed E-state index contributed by atoms with van der Waals surface area (Å²) in [7, 11) is -3.53. The first-order valence-electron chi connectivity index (χ1n) is 7.00. The topological polar surface area (TPSA) is 73.6 Å². The first-order chi connectivity index (χ1) is 11.0. The zero-order chi connectivity index (χ0) is 16.0. The van der Waals surface area contributed by atoms with Crippen molar-refractivity contribution in [3.8, 4) is 0 Å². The summed E-state index contributed by atoms with van der Waals surface area (Å²) >= 11 is 0. The molecular formula is C16H13N3O3S. The van der Waals surface area contributed by atoms with Gasteiger partial charge >= 0.3 is 0 Å². The van der Waals surface area contributed by atoms with Gasteiger partial charge in [-0.05, 0) is 24.3 Å². The Morgan fingerprint density at radius 1 is 1.17 bits per heavy atom. The second-order valence-corrected chi connectivity index (χ2v) is 6.97. The van der Waals surface area contributed by atoms with Gasteiger partial charge in [0.05, 0.1) is 29.4 Å². The van der Waals surface area contributed by atoms with Gasteiger partial charge in [-0.3, -0.25) is 13.6 Å². The predicted molar refractivity (Wildman–Crippen MR) is 87.6 cm³/mol. The second kappa shape index (κ2) is 5.00. The number of nitrogens with zero attached hydrogens (tertiary/aromatic N) is 3. The minimum absolute atomic E-state index is 0.0590. The molecule has 0 fully saturated rings. The Bertz CT molecular complexity index is 1150. The van der Waals surface area contributed by atoms with Crippen molar-refractivity contribution in [1.82, 2.24) is 14.4 Å². The number of rotatable bonds is 3. The molecule has 0 amide bonds. The first kappa shape index (κ1) is 14.1. The van der Waals surface area contributed by atoms with Crippen LogP contribution < -0.4 is 0 Å². The Balaban J connectivity index is 2.08. The molecule has 0 spiro atoms. The number of aromatic nitrogens is 3. The fourth-order valence-electron chi connectivity index (χ4n) is 2.73. The van der Waals surface area contributed by atoms with Crippen LogP contribution in [0.25, 0.3) is 27.6 Å². The summed E-state index contributed by atoms with van der Waals surface area (Å²) < 4.78 is 29.6.